The molecule has 0 saturated heterocycles. The number of nitrogens with zero attached hydrogens (tertiary/aromatic N) is 3. The Morgan fingerprint density at radius 1 is 1.04 bits per heavy atom. The number of ether oxygens (including phenoxy) is 1. The van der Waals surface area contributed by atoms with Gasteiger partial charge in [-0.3, -0.25) is 10.1 Å². The smallest absolute Gasteiger partial charge is 0.276 e. The molecule has 0 spiro atoms. The summed E-state index contributed by atoms with van der Waals surface area (Å²) in [5.41, 5.74) is 2.00. The van der Waals surface area contributed by atoms with Crippen LogP contribution in [-0.2, 0) is 0 Å². The number of carbonyl (C=O) groups excluding carboxylic acids is 1. The Balaban J connectivity index is 1.55. The van der Waals surface area contributed by atoms with Crippen molar-refractivity contribution in [2.75, 3.05) is 12.4 Å². The van der Waals surface area contributed by atoms with Gasteiger partial charge in [-0.05, 0) is 24.3 Å². The van der Waals surface area contributed by atoms with E-state index in [1.54, 1.807) is 13.2 Å². The average Bonchev–Trinajstić information content (AvgIpc) is 3.16. The number of aromatic nitrogens is 3. The zero-order valence-electron chi connectivity index (χ0n) is 13.8. The van der Waals surface area contributed by atoms with E-state index >= 15 is 0 Å². The topological polar surface area (TPSA) is 77.0 Å². The van der Waals surface area contributed by atoms with Crippen LogP contribution in [0.25, 0.3) is 21.5 Å². The van der Waals surface area contributed by atoms with Crippen molar-refractivity contribution in [1.29, 1.82) is 0 Å². The second-order valence-electron chi connectivity index (χ2n) is 5.49. The second-order valence-corrected chi connectivity index (χ2v) is 6.47. The van der Waals surface area contributed by atoms with Crippen LogP contribution in [0.4, 0.5) is 5.13 Å². The number of amides is 1. The molecule has 26 heavy (non-hydrogen) atoms. The largest absolute Gasteiger partial charge is 0.497 e. The third-order valence-electron chi connectivity index (χ3n) is 3.80. The number of anilines is 1. The first kappa shape index (κ1) is 16.2. The van der Waals surface area contributed by atoms with E-state index in [1.165, 1.54) is 11.3 Å². The molecule has 6 nitrogen and oxygen atoms in total. The maximum atomic E-state index is 12.5. The number of rotatable bonds is 4. The van der Waals surface area contributed by atoms with Crippen LogP contribution in [0, 0.1) is 0 Å². The standard InChI is InChI=1S/C19H14N4O2S/c1-25-14-8-10-15-13(11-14)7-9-16(20-15)17(24)21-19-23-22-18(26-19)12-5-3-2-4-6-12/h2-11H,1H3,(H,21,23,24). The molecule has 1 N–H and O–H groups in total. The molecule has 0 fully saturated rings. The number of fused-ring (bicyclic) bond motifs is 1. The maximum absolute atomic E-state index is 12.5. The van der Waals surface area contributed by atoms with Crippen LogP contribution >= 0.6 is 11.3 Å². The van der Waals surface area contributed by atoms with Gasteiger partial charge in [0.1, 0.15) is 16.5 Å². The molecule has 0 bridgehead atoms. The van der Waals surface area contributed by atoms with Crippen molar-refractivity contribution in [2.24, 2.45) is 0 Å². The summed E-state index contributed by atoms with van der Waals surface area (Å²) in [6, 6.07) is 18.7. The van der Waals surface area contributed by atoms with Crippen molar-refractivity contribution in [3.05, 3.63) is 66.4 Å². The molecule has 0 saturated carbocycles. The van der Waals surface area contributed by atoms with E-state index in [0.29, 0.717) is 10.8 Å². The molecular formula is C19H14N4O2S. The van der Waals surface area contributed by atoms with Gasteiger partial charge in [-0.15, -0.1) is 10.2 Å². The highest BCUT2D eigenvalue weighted by Crippen LogP contribution is 2.26. The fourth-order valence-corrected chi connectivity index (χ4v) is 3.23. The van der Waals surface area contributed by atoms with E-state index < -0.39 is 0 Å². The van der Waals surface area contributed by atoms with Crippen LogP contribution < -0.4 is 10.1 Å². The summed E-state index contributed by atoms with van der Waals surface area (Å²) in [6.07, 6.45) is 0. The van der Waals surface area contributed by atoms with Gasteiger partial charge in [0.05, 0.1) is 12.6 Å². The molecule has 7 heteroatoms. The average molecular weight is 362 g/mol. The van der Waals surface area contributed by atoms with Crippen molar-refractivity contribution < 1.29 is 9.53 Å². The van der Waals surface area contributed by atoms with E-state index in [-0.39, 0.29) is 5.91 Å². The highest BCUT2D eigenvalue weighted by Gasteiger charge is 2.13. The number of pyridine rings is 1. The maximum Gasteiger partial charge on any atom is 0.276 e. The summed E-state index contributed by atoms with van der Waals surface area (Å²) in [5.74, 6) is 0.428. The lowest BCUT2D eigenvalue weighted by Crippen LogP contribution is -2.13. The van der Waals surface area contributed by atoms with Gasteiger partial charge in [0.25, 0.3) is 5.91 Å². The predicted molar refractivity (Wildman–Crippen MR) is 102 cm³/mol. The molecule has 2 heterocycles. The van der Waals surface area contributed by atoms with E-state index in [2.05, 4.69) is 20.5 Å². The minimum Gasteiger partial charge on any atom is -0.497 e. The SMILES string of the molecule is COc1ccc2nc(C(=O)Nc3nnc(-c4ccccc4)s3)ccc2c1. The van der Waals surface area contributed by atoms with E-state index in [1.807, 2.05) is 54.6 Å². The Morgan fingerprint density at radius 3 is 2.69 bits per heavy atom. The predicted octanol–water partition coefficient (Wildman–Crippen LogP) is 4.01. The summed E-state index contributed by atoms with van der Waals surface area (Å²) in [7, 11) is 1.61. The van der Waals surface area contributed by atoms with Gasteiger partial charge < -0.3 is 4.74 Å². The molecule has 2 aromatic carbocycles. The van der Waals surface area contributed by atoms with Crippen LogP contribution in [0.5, 0.6) is 5.75 Å². The molecule has 0 radical (unpaired) electrons. The summed E-state index contributed by atoms with van der Waals surface area (Å²) in [6.45, 7) is 0. The molecule has 0 aliphatic heterocycles. The van der Waals surface area contributed by atoms with Crippen LogP contribution in [0.2, 0.25) is 0 Å². The number of carbonyl (C=O) groups is 1. The van der Waals surface area contributed by atoms with Gasteiger partial charge in [-0.1, -0.05) is 47.7 Å². The van der Waals surface area contributed by atoms with Gasteiger partial charge in [0.2, 0.25) is 5.13 Å². The molecule has 0 unspecified atom stereocenters. The monoisotopic (exact) mass is 362 g/mol. The minimum atomic E-state index is -0.321. The molecule has 4 aromatic rings. The van der Waals surface area contributed by atoms with E-state index in [0.717, 1.165) is 27.2 Å². The molecule has 0 aliphatic rings. The zero-order chi connectivity index (χ0) is 17.9. The fraction of sp³-hybridized carbons (Fsp3) is 0.0526. The van der Waals surface area contributed by atoms with Gasteiger partial charge in [-0.2, -0.15) is 0 Å². The number of nitrogens with one attached hydrogen (secondary N) is 1. The van der Waals surface area contributed by atoms with Crippen LogP contribution in [0.3, 0.4) is 0 Å². The quantitative estimate of drug-likeness (QED) is 0.593. The fourth-order valence-electron chi connectivity index (χ4n) is 2.49. The molecular weight excluding hydrogens is 348 g/mol. The lowest BCUT2D eigenvalue weighted by atomic mass is 10.2. The molecule has 2 aromatic heterocycles. The second kappa shape index (κ2) is 6.89. The van der Waals surface area contributed by atoms with E-state index in [9.17, 15) is 4.79 Å². The van der Waals surface area contributed by atoms with Crippen LogP contribution in [0.15, 0.2) is 60.7 Å². The Kier molecular flexibility index (Phi) is 4.28. The third-order valence-corrected chi connectivity index (χ3v) is 4.68. The third kappa shape index (κ3) is 3.25. The Bertz CT molecular complexity index is 1080. The Labute approximate surface area is 153 Å². The van der Waals surface area contributed by atoms with Crippen molar-refractivity contribution in [2.45, 2.75) is 0 Å². The lowest BCUT2D eigenvalue weighted by Gasteiger charge is -2.04. The number of methoxy groups -OCH3 is 1. The van der Waals surface area contributed by atoms with Gasteiger partial charge >= 0.3 is 0 Å². The van der Waals surface area contributed by atoms with Crippen LogP contribution in [-0.4, -0.2) is 28.2 Å². The molecule has 128 valence electrons. The molecule has 4 rings (SSSR count). The molecule has 0 aliphatic carbocycles. The summed E-state index contributed by atoms with van der Waals surface area (Å²) in [4.78, 5) is 16.9. The summed E-state index contributed by atoms with van der Waals surface area (Å²) >= 11 is 1.32. The number of benzene rings is 2. The van der Waals surface area contributed by atoms with Gasteiger partial charge in [0.15, 0.2) is 0 Å². The minimum absolute atomic E-state index is 0.319. The first-order valence-corrected chi connectivity index (χ1v) is 8.70. The molecule has 1 amide bonds. The zero-order valence-corrected chi connectivity index (χ0v) is 14.7. The normalized spacial score (nSPS) is 10.7. The Morgan fingerprint density at radius 2 is 1.88 bits per heavy atom. The first-order valence-electron chi connectivity index (χ1n) is 7.88. The Hall–Kier alpha value is -3.32. The van der Waals surface area contributed by atoms with Gasteiger partial charge in [-0.25, -0.2) is 4.98 Å². The van der Waals surface area contributed by atoms with Crippen molar-refractivity contribution in [3.8, 4) is 16.3 Å². The van der Waals surface area contributed by atoms with Crippen molar-refractivity contribution >= 4 is 33.3 Å². The van der Waals surface area contributed by atoms with Gasteiger partial charge in [0, 0.05) is 10.9 Å². The van der Waals surface area contributed by atoms with Crippen molar-refractivity contribution in [3.63, 3.8) is 0 Å². The van der Waals surface area contributed by atoms with Crippen molar-refractivity contribution in [1.82, 2.24) is 15.2 Å². The number of hydrogen-bond donors (Lipinski definition) is 1. The highest BCUT2D eigenvalue weighted by molar-refractivity contribution is 7.18. The summed E-state index contributed by atoms with van der Waals surface area (Å²) < 4.78 is 5.20. The highest BCUT2D eigenvalue weighted by atomic mass is 32.1. The number of hydrogen-bond acceptors (Lipinski definition) is 6. The molecule has 0 atom stereocenters. The lowest BCUT2D eigenvalue weighted by molar-refractivity contribution is 0.102. The summed E-state index contributed by atoms with van der Waals surface area (Å²) in [5, 5.41) is 13.0. The first-order chi connectivity index (χ1) is 12.7. The van der Waals surface area contributed by atoms with E-state index in [4.69, 9.17) is 4.74 Å². The van der Waals surface area contributed by atoms with Crippen LogP contribution in [0.1, 0.15) is 10.5 Å².